The molecular formula is C34H27Cl5F2N4. The van der Waals surface area contributed by atoms with Crippen LogP contribution in [0, 0.1) is 25.5 Å². The first-order valence-electron chi connectivity index (χ1n) is 13.5. The molecule has 0 amide bonds. The van der Waals surface area contributed by atoms with Gasteiger partial charge in [-0.05, 0) is 96.8 Å². The number of nitrogens with zero attached hydrogens (tertiary/aromatic N) is 2. The first kappa shape index (κ1) is 34.6. The first-order chi connectivity index (χ1) is 21.4. The minimum atomic E-state index is -0.318. The van der Waals surface area contributed by atoms with Crippen LogP contribution in [0.2, 0.25) is 25.2 Å². The number of hydrogen-bond acceptors (Lipinski definition) is 4. The molecule has 0 aliphatic carbocycles. The van der Waals surface area contributed by atoms with E-state index in [2.05, 4.69) is 15.3 Å². The molecule has 0 aliphatic rings. The quantitative estimate of drug-likeness (QED) is 0.179. The number of aryl methyl sites for hydroxylation is 2. The van der Waals surface area contributed by atoms with Gasteiger partial charge in [0.05, 0.1) is 21.1 Å². The fourth-order valence-corrected chi connectivity index (χ4v) is 5.31. The van der Waals surface area contributed by atoms with Crippen molar-refractivity contribution < 1.29 is 8.78 Å². The van der Waals surface area contributed by atoms with Gasteiger partial charge in [0.15, 0.2) is 0 Å². The number of benzene rings is 4. The molecule has 0 aliphatic heterocycles. The number of aromatic nitrogens is 2. The van der Waals surface area contributed by atoms with Gasteiger partial charge in [0.25, 0.3) is 0 Å². The monoisotopic (exact) mass is 704 g/mol. The van der Waals surface area contributed by atoms with Crippen molar-refractivity contribution in [2.75, 3.05) is 5.32 Å². The van der Waals surface area contributed by atoms with Crippen molar-refractivity contribution in [1.29, 1.82) is 0 Å². The molecular weight excluding hydrogens is 680 g/mol. The lowest BCUT2D eigenvalue weighted by atomic mass is 10.1. The molecule has 6 aromatic rings. The van der Waals surface area contributed by atoms with E-state index in [4.69, 9.17) is 63.7 Å². The minimum Gasteiger partial charge on any atom is -0.366 e. The van der Waals surface area contributed by atoms with Crippen LogP contribution in [0.4, 0.5) is 14.6 Å². The Morgan fingerprint density at radius 1 is 0.622 bits per heavy atom. The smallest absolute Gasteiger partial charge is 0.131 e. The molecule has 0 fully saturated rings. The molecule has 11 heteroatoms. The number of nitrogens with two attached hydrogens (primary N) is 1. The lowest BCUT2D eigenvalue weighted by molar-refractivity contribution is 0.628. The highest BCUT2D eigenvalue weighted by Crippen LogP contribution is 2.29. The summed E-state index contributed by atoms with van der Waals surface area (Å²) < 4.78 is 26.5. The Hall–Kier alpha value is -3.23. The minimum absolute atomic E-state index is 0.310. The number of halogens is 7. The predicted molar refractivity (Wildman–Crippen MR) is 186 cm³/mol. The van der Waals surface area contributed by atoms with Gasteiger partial charge in [0.2, 0.25) is 0 Å². The molecule has 0 radical (unpaired) electrons. The van der Waals surface area contributed by atoms with E-state index in [1.807, 2.05) is 55.5 Å². The Kier molecular flexibility index (Phi) is 12.2. The molecule has 0 unspecified atom stereocenters. The van der Waals surface area contributed by atoms with E-state index >= 15 is 0 Å². The maximum atomic E-state index is 13.5. The van der Waals surface area contributed by atoms with E-state index in [9.17, 15) is 8.78 Å². The molecule has 4 aromatic carbocycles. The molecule has 232 valence electrons. The third kappa shape index (κ3) is 9.63. The van der Waals surface area contributed by atoms with Gasteiger partial charge in [-0.1, -0.05) is 82.3 Å². The number of nitrogens with one attached hydrogen (secondary N) is 1. The molecule has 3 N–H and O–H groups in total. The predicted octanol–water partition coefficient (Wildman–Crippen LogP) is 11.4. The summed E-state index contributed by atoms with van der Waals surface area (Å²) in [5.41, 5.74) is 10.4. The van der Waals surface area contributed by atoms with Crippen LogP contribution in [-0.2, 0) is 13.1 Å². The third-order valence-corrected chi connectivity index (χ3v) is 7.86. The van der Waals surface area contributed by atoms with Crippen molar-refractivity contribution in [2.24, 2.45) is 5.73 Å². The number of hydrogen-bond donors (Lipinski definition) is 2. The number of pyridine rings is 2. The standard InChI is InChI=1S/C17H13Cl2FN2.C10H6Cl2FN.C7H8ClN/c1-10-6-13(20)7-14-15(19)8-16(22-17(10)14)21-9-11-2-4-12(18)5-3-11;1-5-2-6(13)3-7-8(11)4-9(12)14-10(5)7;8-7-3-1-6(5-9)2-4-7/h2-8H,9H2,1H3,(H,21,22);2-4H,1H3;1-4H,5,9H2. The van der Waals surface area contributed by atoms with E-state index < -0.39 is 0 Å². The Labute approximate surface area is 285 Å². The molecule has 4 nitrogen and oxygen atoms in total. The van der Waals surface area contributed by atoms with E-state index in [-0.39, 0.29) is 11.6 Å². The van der Waals surface area contributed by atoms with Crippen LogP contribution in [0.25, 0.3) is 21.8 Å². The first-order valence-corrected chi connectivity index (χ1v) is 15.4. The summed E-state index contributed by atoms with van der Waals surface area (Å²) in [5.74, 6) is 0.0266. The molecule has 0 saturated carbocycles. The Morgan fingerprint density at radius 3 is 1.60 bits per heavy atom. The highest BCUT2D eigenvalue weighted by atomic mass is 35.5. The average Bonchev–Trinajstić information content (AvgIpc) is 2.99. The molecule has 0 bridgehead atoms. The molecule has 0 saturated heterocycles. The fraction of sp³-hybridized carbons (Fsp3) is 0.118. The molecule has 0 atom stereocenters. The van der Waals surface area contributed by atoms with Gasteiger partial charge in [-0.3, -0.25) is 0 Å². The lowest BCUT2D eigenvalue weighted by Gasteiger charge is -2.10. The van der Waals surface area contributed by atoms with Crippen LogP contribution >= 0.6 is 58.0 Å². The van der Waals surface area contributed by atoms with Crippen molar-refractivity contribution in [3.05, 3.63) is 144 Å². The van der Waals surface area contributed by atoms with Crippen molar-refractivity contribution >= 4 is 85.6 Å². The summed E-state index contributed by atoms with van der Waals surface area (Å²) in [7, 11) is 0. The van der Waals surface area contributed by atoms with Gasteiger partial charge in [-0.2, -0.15) is 0 Å². The van der Waals surface area contributed by atoms with E-state index in [0.29, 0.717) is 60.9 Å². The van der Waals surface area contributed by atoms with Crippen molar-refractivity contribution in [1.82, 2.24) is 9.97 Å². The van der Waals surface area contributed by atoms with Gasteiger partial charge < -0.3 is 11.1 Å². The SMILES string of the molecule is Cc1cc(F)cc2c(Cl)cc(Cl)nc12.Cc1cc(F)cc2c(Cl)cc(NCc3ccc(Cl)cc3)nc12.NCc1ccc(Cl)cc1. The van der Waals surface area contributed by atoms with Crippen molar-refractivity contribution in [2.45, 2.75) is 26.9 Å². The highest BCUT2D eigenvalue weighted by molar-refractivity contribution is 6.38. The maximum Gasteiger partial charge on any atom is 0.131 e. The van der Waals surface area contributed by atoms with Crippen LogP contribution in [0.15, 0.2) is 84.9 Å². The average molecular weight is 707 g/mol. The summed E-state index contributed by atoms with van der Waals surface area (Å²) >= 11 is 29.4. The van der Waals surface area contributed by atoms with E-state index in [0.717, 1.165) is 27.3 Å². The van der Waals surface area contributed by atoms with Gasteiger partial charge in [0, 0.05) is 33.9 Å². The van der Waals surface area contributed by atoms with E-state index in [1.54, 1.807) is 13.0 Å². The van der Waals surface area contributed by atoms with Gasteiger partial charge in [0.1, 0.15) is 22.6 Å². The molecule has 2 aromatic heterocycles. The Morgan fingerprint density at radius 2 is 1.09 bits per heavy atom. The van der Waals surface area contributed by atoms with Gasteiger partial charge >= 0.3 is 0 Å². The second-order valence-corrected chi connectivity index (χ2v) is 12.0. The summed E-state index contributed by atoms with van der Waals surface area (Å²) in [6, 6.07) is 23.9. The van der Waals surface area contributed by atoms with Crippen molar-refractivity contribution in [3.8, 4) is 0 Å². The normalized spacial score (nSPS) is 10.6. The van der Waals surface area contributed by atoms with Gasteiger partial charge in [-0.15, -0.1) is 0 Å². The molecule has 2 heterocycles. The summed E-state index contributed by atoms with van der Waals surface area (Å²) in [5, 5.41) is 7.11. The zero-order valence-electron chi connectivity index (χ0n) is 24.1. The topological polar surface area (TPSA) is 63.8 Å². The Bertz CT molecular complexity index is 1890. The maximum absolute atomic E-state index is 13.5. The lowest BCUT2D eigenvalue weighted by Crippen LogP contribution is -2.02. The third-order valence-electron chi connectivity index (χ3n) is 6.54. The zero-order valence-corrected chi connectivity index (χ0v) is 27.9. The van der Waals surface area contributed by atoms with E-state index in [1.165, 1.54) is 30.3 Å². The van der Waals surface area contributed by atoms with Crippen LogP contribution in [0.1, 0.15) is 22.3 Å². The van der Waals surface area contributed by atoms with Gasteiger partial charge in [-0.25, -0.2) is 18.7 Å². The van der Waals surface area contributed by atoms with Crippen LogP contribution < -0.4 is 11.1 Å². The Balaban J connectivity index is 0.000000171. The summed E-state index contributed by atoms with van der Waals surface area (Å²) in [4.78, 5) is 8.61. The summed E-state index contributed by atoms with van der Waals surface area (Å²) in [6.07, 6.45) is 0. The van der Waals surface area contributed by atoms with Crippen LogP contribution in [-0.4, -0.2) is 9.97 Å². The summed E-state index contributed by atoms with van der Waals surface area (Å²) in [6.45, 7) is 4.77. The number of anilines is 1. The van der Waals surface area contributed by atoms with Crippen LogP contribution in [0.5, 0.6) is 0 Å². The van der Waals surface area contributed by atoms with Crippen molar-refractivity contribution in [3.63, 3.8) is 0 Å². The highest BCUT2D eigenvalue weighted by Gasteiger charge is 2.09. The zero-order chi connectivity index (χ0) is 32.7. The number of rotatable bonds is 4. The second-order valence-electron chi connectivity index (χ2n) is 9.96. The fourth-order valence-electron chi connectivity index (χ4n) is 4.31. The number of fused-ring (bicyclic) bond motifs is 2. The molecule has 45 heavy (non-hydrogen) atoms. The molecule has 0 spiro atoms. The largest absolute Gasteiger partial charge is 0.366 e. The molecule has 6 rings (SSSR count). The van der Waals surface area contributed by atoms with Crippen LogP contribution in [0.3, 0.4) is 0 Å². The second kappa shape index (κ2) is 15.9.